The predicted molar refractivity (Wildman–Crippen MR) is 142 cm³/mol. The van der Waals surface area contributed by atoms with Crippen LogP contribution >= 0.6 is 0 Å². The number of likely N-dealkylation sites (N-methyl/N-ethyl adjacent to an activating group) is 1. The highest BCUT2D eigenvalue weighted by Gasteiger charge is 2.49. The Bertz CT molecular complexity index is 1430. The quantitative estimate of drug-likeness (QED) is 0.320. The molecule has 4 heterocycles. The van der Waals surface area contributed by atoms with Gasteiger partial charge in [0.25, 0.3) is 11.8 Å². The normalized spacial score (nSPS) is 26.2. The molecule has 3 saturated heterocycles. The van der Waals surface area contributed by atoms with Crippen LogP contribution in [0.2, 0.25) is 0 Å². The number of rotatable bonds is 6. The van der Waals surface area contributed by atoms with E-state index in [1.54, 1.807) is 6.07 Å². The number of methoxy groups -OCH3 is 1. The van der Waals surface area contributed by atoms with Crippen LogP contribution in [-0.2, 0) is 16.1 Å². The third-order valence-electron chi connectivity index (χ3n) is 7.99. The fraction of sp³-hybridized carbons (Fsp3) is 0.414. The number of ether oxygens (including phenoxy) is 2. The number of amides is 4. The molecule has 11 heteroatoms. The number of piperazine rings is 1. The van der Waals surface area contributed by atoms with Crippen molar-refractivity contribution in [3.05, 3.63) is 64.5 Å². The van der Waals surface area contributed by atoms with E-state index in [9.17, 15) is 18.8 Å². The van der Waals surface area contributed by atoms with Crippen LogP contribution in [0, 0.1) is 17.7 Å². The molecular weight excluding hydrogens is 517 g/mol. The Morgan fingerprint density at radius 1 is 1.10 bits per heavy atom. The lowest BCUT2D eigenvalue weighted by atomic mass is 9.98. The van der Waals surface area contributed by atoms with Crippen molar-refractivity contribution in [2.75, 3.05) is 46.4 Å². The number of halogens is 1. The monoisotopic (exact) mass is 547 g/mol. The summed E-state index contributed by atoms with van der Waals surface area (Å²) in [4.78, 5) is 44.2. The van der Waals surface area contributed by atoms with E-state index in [0.29, 0.717) is 11.1 Å². The number of epoxide rings is 1. The lowest BCUT2D eigenvalue weighted by molar-refractivity contribution is -0.122. The van der Waals surface area contributed by atoms with Crippen LogP contribution in [0.5, 0.6) is 5.75 Å². The number of urea groups is 1. The van der Waals surface area contributed by atoms with Crippen molar-refractivity contribution in [3.8, 4) is 17.6 Å². The molecule has 0 aliphatic carbocycles. The Kier molecular flexibility index (Phi) is 6.70. The molecule has 4 amide bonds. The maximum Gasteiger partial charge on any atom is 0.323 e. The van der Waals surface area contributed by atoms with Crippen LogP contribution in [0.15, 0.2) is 36.4 Å². The smallest absolute Gasteiger partial charge is 0.323 e. The SMILES string of the molecule is CCN1CCN(C2OC2c2ccc(C#CC3(CN4Cc5ccc(OC)c(F)c5C4=O)NC(=O)NC3=O)cc2)CC1. The predicted octanol–water partition coefficient (Wildman–Crippen LogP) is 1.45. The van der Waals surface area contributed by atoms with Gasteiger partial charge < -0.3 is 24.6 Å². The van der Waals surface area contributed by atoms with Crippen molar-refractivity contribution in [1.29, 1.82) is 0 Å². The zero-order valence-corrected chi connectivity index (χ0v) is 22.3. The second-order valence-corrected chi connectivity index (χ2v) is 10.4. The van der Waals surface area contributed by atoms with Crippen LogP contribution in [0.25, 0.3) is 0 Å². The summed E-state index contributed by atoms with van der Waals surface area (Å²) in [6, 6.07) is 9.95. The molecule has 0 saturated carbocycles. The maximum atomic E-state index is 14.8. The van der Waals surface area contributed by atoms with E-state index in [0.717, 1.165) is 38.3 Å². The Morgan fingerprint density at radius 3 is 2.50 bits per heavy atom. The van der Waals surface area contributed by atoms with E-state index in [4.69, 9.17) is 9.47 Å². The first-order chi connectivity index (χ1) is 19.3. The average Bonchev–Trinajstić information content (AvgIpc) is 3.63. The van der Waals surface area contributed by atoms with Crippen molar-refractivity contribution < 1.29 is 28.2 Å². The number of hydrogen-bond donors (Lipinski definition) is 2. The van der Waals surface area contributed by atoms with E-state index in [1.165, 1.54) is 18.1 Å². The number of nitrogens with zero attached hydrogens (tertiary/aromatic N) is 3. The second-order valence-electron chi connectivity index (χ2n) is 10.4. The summed E-state index contributed by atoms with van der Waals surface area (Å²) < 4.78 is 25.8. The number of fused-ring (bicyclic) bond motifs is 1. The summed E-state index contributed by atoms with van der Waals surface area (Å²) in [5.74, 6) is 3.81. The van der Waals surface area contributed by atoms with E-state index >= 15 is 0 Å². The molecule has 4 aliphatic heterocycles. The Balaban J connectivity index is 1.16. The molecule has 2 aromatic rings. The number of nitrogens with one attached hydrogen (secondary N) is 2. The van der Waals surface area contributed by atoms with Crippen LogP contribution < -0.4 is 15.4 Å². The van der Waals surface area contributed by atoms with Crippen LogP contribution in [0.3, 0.4) is 0 Å². The molecule has 40 heavy (non-hydrogen) atoms. The molecule has 0 radical (unpaired) electrons. The molecule has 4 aliphatic rings. The highest BCUT2D eigenvalue weighted by molar-refractivity contribution is 6.10. The van der Waals surface area contributed by atoms with Crippen LogP contribution in [-0.4, -0.2) is 90.7 Å². The molecule has 6 rings (SSSR count). The van der Waals surface area contributed by atoms with Crippen molar-refractivity contribution >= 4 is 17.8 Å². The molecule has 0 bridgehead atoms. The van der Waals surface area contributed by atoms with Gasteiger partial charge in [0.05, 0.1) is 19.2 Å². The molecule has 3 fully saturated rings. The fourth-order valence-electron chi connectivity index (χ4n) is 5.59. The summed E-state index contributed by atoms with van der Waals surface area (Å²) >= 11 is 0. The van der Waals surface area contributed by atoms with Gasteiger partial charge in [-0.1, -0.05) is 37.0 Å². The lowest BCUT2D eigenvalue weighted by Gasteiger charge is -2.33. The Morgan fingerprint density at radius 2 is 1.85 bits per heavy atom. The lowest BCUT2D eigenvalue weighted by Crippen LogP contribution is -2.54. The molecule has 0 aromatic heterocycles. The van der Waals surface area contributed by atoms with Gasteiger partial charge in [0, 0.05) is 38.3 Å². The Hall–Kier alpha value is -3.98. The maximum absolute atomic E-state index is 14.8. The first-order valence-corrected chi connectivity index (χ1v) is 13.3. The molecule has 3 unspecified atom stereocenters. The van der Waals surface area contributed by atoms with Crippen molar-refractivity contribution in [2.45, 2.75) is 31.3 Å². The topological polar surface area (TPSA) is 107 Å². The van der Waals surface area contributed by atoms with Gasteiger partial charge in [-0.05, 0) is 35.9 Å². The standard InChI is InChI=1S/C29H30FN5O5/c1-3-33-12-14-34(15-13-33)26-24(40-26)19-6-4-18(5-7-19)10-11-29(27(37)31-28(38)32-29)17-35-16-20-8-9-21(39-2)23(30)22(20)25(35)36/h4-9,24,26H,3,12-17H2,1-2H3,(H2,31,32,37,38). The van der Waals surface area contributed by atoms with Gasteiger partial charge in [0.15, 0.2) is 11.6 Å². The van der Waals surface area contributed by atoms with Crippen LogP contribution in [0.4, 0.5) is 9.18 Å². The number of benzene rings is 2. The number of carbonyl (C=O) groups excluding carboxylic acids is 3. The first-order valence-electron chi connectivity index (χ1n) is 13.3. The number of hydrogen-bond acceptors (Lipinski definition) is 7. The van der Waals surface area contributed by atoms with E-state index in [-0.39, 0.29) is 36.7 Å². The van der Waals surface area contributed by atoms with Crippen molar-refractivity contribution in [2.24, 2.45) is 0 Å². The summed E-state index contributed by atoms with van der Waals surface area (Å²) in [5.41, 5.74) is 0.375. The minimum absolute atomic E-state index is 0.0169. The minimum atomic E-state index is -1.68. The molecule has 2 N–H and O–H groups in total. The van der Waals surface area contributed by atoms with Gasteiger partial charge >= 0.3 is 6.03 Å². The molecule has 2 aromatic carbocycles. The third-order valence-corrected chi connectivity index (χ3v) is 7.99. The van der Waals surface area contributed by atoms with E-state index < -0.39 is 29.2 Å². The third kappa shape index (κ3) is 4.68. The Labute approximate surface area is 231 Å². The summed E-state index contributed by atoms with van der Waals surface area (Å²) in [5, 5.41) is 4.78. The molecule has 0 spiro atoms. The molecule has 3 atom stereocenters. The van der Waals surface area contributed by atoms with Gasteiger partial charge in [0.1, 0.15) is 12.3 Å². The van der Waals surface area contributed by atoms with Crippen molar-refractivity contribution in [3.63, 3.8) is 0 Å². The van der Waals surface area contributed by atoms with E-state index in [1.807, 2.05) is 24.3 Å². The highest BCUT2D eigenvalue weighted by atomic mass is 19.1. The zero-order chi connectivity index (χ0) is 28.0. The minimum Gasteiger partial charge on any atom is -0.494 e. The summed E-state index contributed by atoms with van der Waals surface area (Å²) in [6.07, 6.45) is 0.104. The largest absolute Gasteiger partial charge is 0.494 e. The van der Waals surface area contributed by atoms with Gasteiger partial charge in [-0.2, -0.15) is 0 Å². The van der Waals surface area contributed by atoms with Gasteiger partial charge in [-0.3, -0.25) is 19.8 Å². The van der Waals surface area contributed by atoms with Crippen molar-refractivity contribution in [1.82, 2.24) is 25.3 Å². The van der Waals surface area contributed by atoms with Gasteiger partial charge in [-0.25, -0.2) is 9.18 Å². The molecule has 208 valence electrons. The number of carbonyl (C=O) groups is 3. The van der Waals surface area contributed by atoms with E-state index in [2.05, 4.69) is 39.2 Å². The second kappa shape index (κ2) is 10.2. The number of imide groups is 1. The summed E-state index contributed by atoms with van der Waals surface area (Å²) in [7, 11) is 1.32. The zero-order valence-electron chi connectivity index (χ0n) is 22.3. The first kappa shape index (κ1) is 26.3. The van der Waals surface area contributed by atoms with Crippen LogP contribution in [0.1, 0.15) is 40.1 Å². The highest BCUT2D eigenvalue weighted by Crippen LogP contribution is 2.41. The average molecular weight is 548 g/mol. The van der Waals surface area contributed by atoms with Gasteiger partial charge in [0.2, 0.25) is 5.54 Å². The fourth-order valence-corrected chi connectivity index (χ4v) is 5.59. The summed E-state index contributed by atoms with van der Waals surface area (Å²) in [6.45, 7) is 7.13. The van der Waals surface area contributed by atoms with Gasteiger partial charge in [-0.15, -0.1) is 0 Å². The molecule has 10 nitrogen and oxygen atoms in total. The molecular formula is C29H30FN5O5.